The van der Waals surface area contributed by atoms with Gasteiger partial charge >= 0.3 is 5.97 Å². The van der Waals surface area contributed by atoms with Gasteiger partial charge in [0.1, 0.15) is 0 Å². The molecule has 2 aromatic carbocycles. The average molecular weight is 390 g/mol. The number of nitrogens with zero attached hydrogens (tertiary/aromatic N) is 3. The van der Waals surface area contributed by atoms with Crippen molar-refractivity contribution in [2.75, 3.05) is 11.4 Å². The van der Waals surface area contributed by atoms with Crippen molar-refractivity contribution in [3.05, 3.63) is 70.6 Å². The summed E-state index contributed by atoms with van der Waals surface area (Å²) in [5, 5.41) is 15.6. The van der Waals surface area contributed by atoms with Crippen molar-refractivity contribution in [1.29, 1.82) is 5.26 Å². The van der Waals surface area contributed by atoms with Crippen LogP contribution in [0.1, 0.15) is 23.8 Å². The van der Waals surface area contributed by atoms with E-state index in [1.165, 1.54) is 11.8 Å². The zero-order chi connectivity index (χ0) is 20.8. The SMILES string of the molecule is C[C@@H](OC(=O)c1n[nH]c(=O)c2ccccc12)C(=O)N(CCC#N)c1ccccc1. The second-order valence-electron chi connectivity index (χ2n) is 6.23. The molecule has 3 aromatic rings. The molecule has 0 saturated heterocycles. The summed E-state index contributed by atoms with van der Waals surface area (Å²) >= 11 is 0. The second-order valence-corrected chi connectivity index (χ2v) is 6.23. The first-order valence-corrected chi connectivity index (χ1v) is 8.94. The lowest BCUT2D eigenvalue weighted by atomic mass is 10.1. The summed E-state index contributed by atoms with van der Waals surface area (Å²) in [4.78, 5) is 38.8. The van der Waals surface area contributed by atoms with E-state index in [0.717, 1.165) is 0 Å². The lowest BCUT2D eigenvalue weighted by Crippen LogP contribution is -2.40. The third-order valence-corrected chi connectivity index (χ3v) is 4.30. The van der Waals surface area contributed by atoms with Crippen molar-refractivity contribution < 1.29 is 14.3 Å². The monoisotopic (exact) mass is 390 g/mol. The highest BCUT2D eigenvalue weighted by molar-refractivity contribution is 6.04. The average Bonchev–Trinajstić information content (AvgIpc) is 2.75. The Labute approximate surface area is 166 Å². The van der Waals surface area contributed by atoms with E-state index in [9.17, 15) is 14.4 Å². The first kappa shape index (κ1) is 19.8. The van der Waals surface area contributed by atoms with Gasteiger partial charge in [0.05, 0.1) is 17.9 Å². The molecule has 146 valence electrons. The number of fused-ring (bicyclic) bond motifs is 1. The number of amides is 1. The molecule has 0 bridgehead atoms. The number of benzene rings is 2. The standard InChI is InChI=1S/C21H18N4O4/c1-14(20(27)25(13-7-12-22)15-8-3-2-4-9-15)29-21(28)18-16-10-5-6-11-17(16)19(26)24-23-18/h2-6,8-11,14H,7,13H2,1H3,(H,24,26)/t14-/m1/s1. The lowest BCUT2D eigenvalue weighted by molar-refractivity contribution is -0.126. The van der Waals surface area contributed by atoms with Crippen LogP contribution in [0, 0.1) is 11.3 Å². The van der Waals surface area contributed by atoms with Crippen LogP contribution in [0.4, 0.5) is 5.69 Å². The molecule has 0 fully saturated rings. The Bertz CT molecular complexity index is 1130. The Morgan fingerprint density at radius 2 is 1.79 bits per heavy atom. The van der Waals surface area contributed by atoms with E-state index in [1.807, 2.05) is 12.1 Å². The molecule has 0 unspecified atom stereocenters. The molecule has 1 aromatic heterocycles. The molecule has 8 heteroatoms. The summed E-state index contributed by atoms with van der Waals surface area (Å²) in [6.07, 6.45) is -0.984. The highest BCUT2D eigenvalue weighted by Gasteiger charge is 2.27. The van der Waals surface area contributed by atoms with Crippen LogP contribution >= 0.6 is 0 Å². The third kappa shape index (κ3) is 4.30. The number of aromatic nitrogens is 2. The third-order valence-electron chi connectivity index (χ3n) is 4.30. The molecular formula is C21H18N4O4. The maximum atomic E-state index is 12.9. The van der Waals surface area contributed by atoms with Crippen molar-refractivity contribution in [3.63, 3.8) is 0 Å². The van der Waals surface area contributed by atoms with Gasteiger partial charge in [-0.2, -0.15) is 10.4 Å². The van der Waals surface area contributed by atoms with Gasteiger partial charge < -0.3 is 9.64 Å². The molecule has 29 heavy (non-hydrogen) atoms. The number of para-hydroxylation sites is 1. The Morgan fingerprint density at radius 3 is 2.48 bits per heavy atom. The minimum atomic E-state index is -1.12. The molecule has 1 atom stereocenters. The minimum absolute atomic E-state index is 0.0804. The number of carbonyl (C=O) groups is 2. The number of esters is 1. The molecule has 1 N–H and O–H groups in total. The largest absolute Gasteiger partial charge is 0.448 e. The van der Waals surface area contributed by atoms with E-state index < -0.39 is 23.5 Å². The van der Waals surface area contributed by atoms with Crippen molar-refractivity contribution >= 4 is 28.3 Å². The van der Waals surface area contributed by atoms with Crippen LogP contribution in [0.5, 0.6) is 0 Å². The van der Waals surface area contributed by atoms with Crippen LogP contribution in [-0.2, 0) is 9.53 Å². The molecule has 0 spiro atoms. The van der Waals surface area contributed by atoms with Gasteiger partial charge in [0.2, 0.25) is 0 Å². The van der Waals surface area contributed by atoms with Crippen LogP contribution in [-0.4, -0.2) is 34.7 Å². The topological polar surface area (TPSA) is 116 Å². The molecule has 3 rings (SSSR count). The van der Waals surface area contributed by atoms with Gasteiger partial charge in [-0.15, -0.1) is 0 Å². The van der Waals surface area contributed by atoms with Gasteiger partial charge in [0, 0.05) is 17.6 Å². The van der Waals surface area contributed by atoms with E-state index in [1.54, 1.807) is 48.5 Å². The quantitative estimate of drug-likeness (QED) is 0.646. The van der Waals surface area contributed by atoms with E-state index >= 15 is 0 Å². The van der Waals surface area contributed by atoms with E-state index in [0.29, 0.717) is 16.5 Å². The van der Waals surface area contributed by atoms with E-state index in [-0.39, 0.29) is 18.7 Å². The number of aromatic amines is 1. The second kappa shape index (κ2) is 8.80. The fraction of sp³-hybridized carbons (Fsp3) is 0.190. The van der Waals surface area contributed by atoms with Gasteiger partial charge in [-0.1, -0.05) is 36.4 Å². The number of nitriles is 1. The van der Waals surface area contributed by atoms with Crippen LogP contribution in [0.2, 0.25) is 0 Å². The molecule has 0 aliphatic carbocycles. The first-order chi connectivity index (χ1) is 14.0. The summed E-state index contributed by atoms with van der Waals surface area (Å²) in [6.45, 7) is 1.62. The van der Waals surface area contributed by atoms with Gasteiger partial charge in [0.25, 0.3) is 11.5 Å². The Balaban J connectivity index is 1.83. The predicted octanol–water partition coefficient (Wildman–Crippen LogP) is 2.42. The first-order valence-electron chi connectivity index (χ1n) is 8.94. The van der Waals surface area contributed by atoms with Crippen molar-refractivity contribution in [3.8, 4) is 6.07 Å². The Hall–Kier alpha value is -3.99. The summed E-state index contributed by atoms with van der Waals surface area (Å²) in [5.74, 6) is -1.29. The van der Waals surface area contributed by atoms with Gasteiger partial charge in [0.15, 0.2) is 11.8 Å². The molecule has 0 aliphatic rings. The zero-order valence-corrected chi connectivity index (χ0v) is 15.7. The fourth-order valence-electron chi connectivity index (χ4n) is 2.89. The number of ether oxygens (including phenoxy) is 1. The number of hydrogen-bond acceptors (Lipinski definition) is 6. The van der Waals surface area contributed by atoms with E-state index in [4.69, 9.17) is 10.00 Å². The lowest BCUT2D eigenvalue weighted by Gasteiger charge is -2.25. The maximum Gasteiger partial charge on any atom is 0.360 e. The van der Waals surface area contributed by atoms with Crippen LogP contribution < -0.4 is 10.5 Å². The zero-order valence-electron chi connectivity index (χ0n) is 15.7. The number of carbonyl (C=O) groups excluding carboxylic acids is 2. The normalized spacial score (nSPS) is 11.4. The highest BCUT2D eigenvalue weighted by atomic mass is 16.5. The van der Waals surface area contributed by atoms with Crippen LogP contribution in [0.25, 0.3) is 10.8 Å². The van der Waals surface area contributed by atoms with E-state index in [2.05, 4.69) is 10.2 Å². The molecule has 8 nitrogen and oxygen atoms in total. The van der Waals surface area contributed by atoms with Crippen LogP contribution in [0.3, 0.4) is 0 Å². The summed E-state index contributed by atoms with van der Waals surface area (Å²) in [6, 6.07) is 17.3. The minimum Gasteiger partial charge on any atom is -0.448 e. The van der Waals surface area contributed by atoms with Gasteiger partial charge in [-0.3, -0.25) is 9.59 Å². The van der Waals surface area contributed by atoms with Crippen LogP contribution in [0.15, 0.2) is 59.4 Å². The Morgan fingerprint density at radius 1 is 1.14 bits per heavy atom. The molecule has 0 radical (unpaired) electrons. The summed E-state index contributed by atoms with van der Waals surface area (Å²) in [7, 11) is 0. The van der Waals surface area contributed by atoms with Crippen molar-refractivity contribution in [2.24, 2.45) is 0 Å². The number of H-pyrrole nitrogens is 1. The molecule has 0 saturated carbocycles. The molecule has 0 aliphatic heterocycles. The maximum absolute atomic E-state index is 12.9. The summed E-state index contributed by atoms with van der Waals surface area (Å²) in [5.41, 5.74) is 0.0967. The predicted molar refractivity (Wildman–Crippen MR) is 106 cm³/mol. The smallest absolute Gasteiger partial charge is 0.360 e. The van der Waals surface area contributed by atoms with Crippen molar-refractivity contribution in [2.45, 2.75) is 19.4 Å². The van der Waals surface area contributed by atoms with Gasteiger partial charge in [-0.05, 0) is 25.1 Å². The molecule has 1 heterocycles. The Kier molecular flexibility index (Phi) is 6.00. The summed E-state index contributed by atoms with van der Waals surface area (Å²) < 4.78 is 5.33. The number of anilines is 1. The molecule has 1 amide bonds. The number of rotatable bonds is 6. The highest BCUT2D eigenvalue weighted by Crippen LogP contribution is 2.18. The number of nitrogens with one attached hydrogen (secondary N) is 1. The fourth-order valence-corrected chi connectivity index (χ4v) is 2.89. The van der Waals surface area contributed by atoms with Gasteiger partial charge in [-0.25, -0.2) is 9.89 Å². The molecular weight excluding hydrogens is 372 g/mol. The number of hydrogen-bond donors (Lipinski definition) is 1. The van der Waals surface area contributed by atoms with Crippen molar-refractivity contribution in [1.82, 2.24) is 10.2 Å².